The van der Waals surface area contributed by atoms with Gasteiger partial charge in [-0.25, -0.2) is 4.39 Å². The van der Waals surface area contributed by atoms with Crippen LogP contribution in [0, 0.1) is 0 Å². The summed E-state index contributed by atoms with van der Waals surface area (Å²) in [6.45, 7) is 5.37. The molecule has 0 saturated heterocycles. The maximum atomic E-state index is 12.7. The Balaban J connectivity index is 2.71. The lowest BCUT2D eigenvalue weighted by molar-refractivity contribution is 0.439. The molecule has 0 amide bonds. The van der Waals surface area contributed by atoms with Crippen LogP contribution in [0.4, 0.5) is 4.39 Å². The lowest BCUT2D eigenvalue weighted by Crippen LogP contribution is -1.93. The predicted octanol–water partition coefficient (Wildman–Crippen LogP) is 4.80. The van der Waals surface area contributed by atoms with Crippen molar-refractivity contribution in [1.82, 2.24) is 0 Å². The predicted molar refractivity (Wildman–Crippen MR) is 69.7 cm³/mol. The summed E-state index contributed by atoms with van der Waals surface area (Å²) in [5.41, 5.74) is 1.29. The molecule has 0 aliphatic heterocycles. The monoisotopic (exact) mass is 234 g/mol. The van der Waals surface area contributed by atoms with Gasteiger partial charge in [0.25, 0.3) is 0 Å². The van der Waals surface area contributed by atoms with Gasteiger partial charge in [0, 0.05) is 6.08 Å². The van der Waals surface area contributed by atoms with E-state index in [1.54, 1.807) is 6.08 Å². The molecule has 1 aromatic carbocycles. The SMILES string of the molecule is C/C=C(\C=C(/C)F)Oc1ccc(CCC)cc1. The molecule has 0 heterocycles. The van der Waals surface area contributed by atoms with Crippen LogP contribution >= 0.6 is 0 Å². The maximum absolute atomic E-state index is 12.7. The molecule has 1 nitrogen and oxygen atoms in total. The molecule has 0 N–H and O–H groups in total. The Hall–Kier alpha value is -1.57. The van der Waals surface area contributed by atoms with E-state index < -0.39 is 0 Å². The van der Waals surface area contributed by atoms with Gasteiger partial charge in [-0.15, -0.1) is 0 Å². The highest BCUT2D eigenvalue weighted by molar-refractivity contribution is 5.30. The van der Waals surface area contributed by atoms with Crippen LogP contribution in [0.3, 0.4) is 0 Å². The van der Waals surface area contributed by atoms with E-state index in [0.29, 0.717) is 5.76 Å². The molecule has 0 unspecified atom stereocenters. The largest absolute Gasteiger partial charge is 0.458 e. The third kappa shape index (κ3) is 4.85. The molecule has 0 bridgehead atoms. The van der Waals surface area contributed by atoms with E-state index in [4.69, 9.17) is 4.74 Å². The standard InChI is InChI=1S/C15H19FO/c1-4-6-13-7-9-15(10-8-13)17-14(5-2)11-12(3)16/h5,7-11H,4,6H2,1-3H3/b12-11+,14-5+. The summed E-state index contributed by atoms with van der Waals surface area (Å²) < 4.78 is 18.3. The molecule has 92 valence electrons. The average Bonchev–Trinajstić information content (AvgIpc) is 2.30. The topological polar surface area (TPSA) is 9.23 Å². The first-order chi connectivity index (χ1) is 8.15. The molecular formula is C15H19FO. The number of halogens is 1. The van der Waals surface area contributed by atoms with Gasteiger partial charge in [-0.05, 0) is 44.0 Å². The minimum absolute atomic E-state index is 0.263. The highest BCUT2D eigenvalue weighted by Crippen LogP contribution is 2.17. The fourth-order valence-electron chi connectivity index (χ4n) is 1.52. The molecule has 1 aromatic rings. The smallest absolute Gasteiger partial charge is 0.127 e. The number of hydrogen-bond acceptors (Lipinski definition) is 1. The first kappa shape index (κ1) is 13.5. The van der Waals surface area contributed by atoms with Gasteiger partial charge in [-0.2, -0.15) is 0 Å². The van der Waals surface area contributed by atoms with Crippen molar-refractivity contribution in [1.29, 1.82) is 0 Å². The number of rotatable bonds is 5. The Labute approximate surface area is 103 Å². The second-order valence-electron chi connectivity index (χ2n) is 3.92. The average molecular weight is 234 g/mol. The summed E-state index contributed by atoms with van der Waals surface area (Å²) in [4.78, 5) is 0. The summed E-state index contributed by atoms with van der Waals surface area (Å²) in [5.74, 6) is 0.990. The number of allylic oxidation sites excluding steroid dienone is 3. The second kappa shape index (κ2) is 6.89. The van der Waals surface area contributed by atoms with Crippen LogP contribution in [0.5, 0.6) is 5.75 Å². The summed E-state index contributed by atoms with van der Waals surface area (Å²) in [5, 5.41) is 0. The molecule has 0 fully saturated rings. The first-order valence-corrected chi connectivity index (χ1v) is 5.92. The Morgan fingerprint density at radius 2 is 1.94 bits per heavy atom. The van der Waals surface area contributed by atoms with Crippen LogP contribution in [-0.2, 0) is 6.42 Å². The Morgan fingerprint density at radius 3 is 2.41 bits per heavy atom. The highest BCUT2D eigenvalue weighted by atomic mass is 19.1. The zero-order chi connectivity index (χ0) is 12.7. The van der Waals surface area contributed by atoms with E-state index in [2.05, 4.69) is 6.92 Å². The summed E-state index contributed by atoms with van der Waals surface area (Å²) in [6.07, 6.45) is 5.31. The number of benzene rings is 1. The van der Waals surface area contributed by atoms with Crippen LogP contribution < -0.4 is 4.74 Å². The molecule has 17 heavy (non-hydrogen) atoms. The van der Waals surface area contributed by atoms with Gasteiger partial charge in [0.1, 0.15) is 17.3 Å². The Bertz CT molecular complexity index is 397. The number of hydrogen-bond donors (Lipinski definition) is 0. The van der Waals surface area contributed by atoms with Gasteiger partial charge >= 0.3 is 0 Å². The van der Waals surface area contributed by atoms with E-state index in [1.165, 1.54) is 18.6 Å². The Kier molecular flexibility index (Phi) is 5.47. The fraction of sp³-hybridized carbons (Fsp3) is 0.333. The molecule has 0 spiro atoms. The van der Waals surface area contributed by atoms with Crippen molar-refractivity contribution in [2.24, 2.45) is 0 Å². The van der Waals surface area contributed by atoms with Gasteiger partial charge in [0.2, 0.25) is 0 Å². The van der Waals surface area contributed by atoms with Crippen molar-refractivity contribution in [2.75, 3.05) is 0 Å². The lowest BCUT2D eigenvalue weighted by Gasteiger charge is -2.07. The quantitative estimate of drug-likeness (QED) is 0.525. The van der Waals surface area contributed by atoms with Crippen molar-refractivity contribution in [2.45, 2.75) is 33.6 Å². The van der Waals surface area contributed by atoms with Crippen molar-refractivity contribution in [3.05, 3.63) is 53.6 Å². The van der Waals surface area contributed by atoms with Crippen LogP contribution in [0.2, 0.25) is 0 Å². The first-order valence-electron chi connectivity index (χ1n) is 5.92. The number of ether oxygens (including phenoxy) is 1. The minimum Gasteiger partial charge on any atom is -0.458 e. The van der Waals surface area contributed by atoms with Crippen LogP contribution in [0.1, 0.15) is 32.8 Å². The van der Waals surface area contributed by atoms with Crippen LogP contribution in [0.25, 0.3) is 0 Å². The van der Waals surface area contributed by atoms with E-state index >= 15 is 0 Å². The van der Waals surface area contributed by atoms with E-state index in [9.17, 15) is 4.39 Å². The molecule has 2 heteroatoms. The van der Waals surface area contributed by atoms with Crippen molar-refractivity contribution in [3.8, 4) is 5.75 Å². The van der Waals surface area contributed by atoms with Crippen LogP contribution in [0.15, 0.2) is 48.0 Å². The molecule has 1 rings (SSSR count). The van der Waals surface area contributed by atoms with Gasteiger partial charge in [-0.1, -0.05) is 25.5 Å². The van der Waals surface area contributed by atoms with Gasteiger partial charge < -0.3 is 4.74 Å². The zero-order valence-corrected chi connectivity index (χ0v) is 10.7. The normalized spacial score (nSPS) is 12.7. The van der Waals surface area contributed by atoms with E-state index in [-0.39, 0.29) is 5.83 Å². The van der Waals surface area contributed by atoms with Gasteiger partial charge in [0.05, 0.1) is 0 Å². The molecule has 0 aliphatic carbocycles. The summed E-state index contributed by atoms with van der Waals surface area (Å²) in [7, 11) is 0. The highest BCUT2D eigenvalue weighted by Gasteiger charge is 1.98. The molecule has 0 saturated carbocycles. The Morgan fingerprint density at radius 1 is 1.29 bits per heavy atom. The van der Waals surface area contributed by atoms with Crippen molar-refractivity contribution >= 4 is 0 Å². The van der Waals surface area contributed by atoms with E-state index in [0.717, 1.165) is 18.6 Å². The molecular weight excluding hydrogens is 215 g/mol. The molecule has 0 atom stereocenters. The molecule has 0 radical (unpaired) electrons. The van der Waals surface area contributed by atoms with Crippen molar-refractivity contribution < 1.29 is 9.13 Å². The molecule has 0 aliphatic rings. The molecule has 0 aromatic heterocycles. The maximum Gasteiger partial charge on any atom is 0.127 e. The van der Waals surface area contributed by atoms with Crippen molar-refractivity contribution in [3.63, 3.8) is 0 Å². The van der Waals surface area contributed by atoms with Gasteiger partial charge in [-0.3, -0.25) is 0 Å². The summed E-state index contributed by atoms with van der Waals surface area (Å²) in [6, 6.07) is 7.90. The minimum atomic E-state index is -0.263. The number of aryl methyl sites for hydroxylation is 1. The lowest BCUT2D eigenvalue weighted by atomic mass is 10.1. The summed E-state index contributed by atoms with van der Waals surface area (Å²) >= 11 is 0. The third-order valence-corrected chi connectivity index (χ3v) is 2.32. The second-order valence-corrected chi connectivity index (χ2v) is 3.92. The zero-order valence-electron chi connectivity index (χ0n) is 10.7. The van der Waals surface area contributed by atoms with E-state index in [1.807, 2.05) is 31.2 Å². The van der Waals surface area contributed by atoms with Crippen LogP contribution in [-0.4, -0.2) is 0 Å². The van der Waals surface area contributed by atoms with Gasteiger partial charge in [0.15, 0.2) is 0 Å². The fourth-order valence-corrected chi connectivity index (χ4v) is 1.52. The third-order valence-electron chi connectivity index (χ3n) is 2.32.